The number of carbonyl (C=O) groups is 1. The molecule has 1 unspecified atom stereocenters. The lowest BCUT2D eigenvalue weighted by atomic mass is 10.2. The molecule has 0 radical (unpaired) electrons. The normalized spacial score (nSPS) is 12.1. The van der Waals surface area contributed by atoms with Crippen LogP contribution in [-0.4, -0.2) is 15.9 Å². The molecule has 6 heteroatoms. The summed E-state index contributed by atoms with van der Waals surface area (Å²) in [4.78, 5) is 31.0. The highest BCUT2D eigenvalue weighted by Gasteiger charge is 2.16. The Balaban J connectivity index is 1.85. The molecule has 1 atom stereocenters. The summed E-state index contributed by atoms with van der Waals surface area (Å²) in [7, 11) is 0. The lowest BCUT2D eigenvalue weighted by Gasteiger charge is -2.13. The van der Waals surface area contributed by atoms with Crippen LogP contribution in [0, 0.1) is 5.82 Å². The number of aromatic amines is 1. The molecule has 5 nitrogen and oxygen atoms in total. The third-order valence-corrected chi connectivity index (χ3v) is 3.38. The monoisotopic (exact) mass is 312 g/mol. The van der Waals surface area contributed by atoms with Crippen molar-refractivity contribution >= 4 is 16.9 Å². The van der Waals surface area contributed by atoms with E-state index in [0.29, 0.717) is 10.9 Å². The predicted molar refractivity (Wildman–Crippen MR) is 82.6 cm³/mol. The van der Waals surface area contributed by atoms with E-state index in [0.717, 1.165) is 0 Å². The summed E-state index contributed by atoms with van der Waals surface area (Å²) >= 11 is 0. The quantitative estimate of drug-likeness (QED) is 0.755. The minimum absolute atomic E-state index is 0.224. The summed E-state index contributed by atoms with van der Waals surface area (Å²) in [5, 5.41) is 0.466. The second-order valence-corrected chi connectivity index (χ2v) is 5.02. The van der Waals surface area contributed by atoms with Crippen LogP contribution in [0.4, 0.5) is 4.39 Å². The molecule has 1 aromatic heterocycles. The zero-order chi connectivity index (χ0) is 16.4. The molecule has 0 amide bonds. The number of nitrogens with one attached hydrogen (secondary N) is 1. The van der Waals surface area contributed by atoms with E-state index in [2.05, 4.69) is 9.97 Å². The Morgan fingerprint density at radius 1 is 1.17 bits per heavy atom. The van der Waals surface area contributed by atoms with Gasteiger partial charge in [-0.05, 0) is 43.3 Å². The van der Waals surface area contributed by atoms with Gasteiger partial charge in [0.1, 0.15) is 5.82 Å². The maximum absolute atomic E-state index is 12.9. The number of carbonyl (C=O) groups excluding carboxylic acids is 1. The zero-order valence-corrected chi connectivity index (χ0v) is 12.2. The van der Waals surface area contributed by atoms with Crippen LogP contribution in [0.2, 0.25) is 0 Å². The Kier molecular flexibility index (Phi) is 3.89. The van der Waals surface area contributed by atoms with E-state index in [9.17, 15) is 14.0 Å². The lowest BCUT2D eigenvalue weighted by Crippen LogP contribution is -2.17. The summed E-state index contributed by atoms with van der Waals surface area (Å²) in [5.41, 5.74) is 0.451. The maximum atomic E-state index is 12.9. The Morgan fingerprint density at radius 3 is 2.61 bits per heavy atom. The van der Waals surface area contributed by atoms with Gasteiger partial charge in [-0.1, -0.05) is 12.1 Å². The Labute approximate surface area is 130 Å². The molecule has 116 valence electrons. The largest absolute Gasteiger partial charge is 0.451 e. The number of esters is 1. The third kappa shape index (κ3) is 3.11. The predicted octanol–water partition coefficient (Wildman–Crippen LogP) is 2.98. The average Bonchev–Trinajstić information content (AvgIpc) is 2.55. The van der Waals surface area contributed by atoms with E-state index in [1.54, 1.807) is 31.2 Å². The van der Waals surface area contributed by atoms with Crippen molar-refractivity contribution in [1.82, 2.24) is 9.97 Å². The van der Waals surface area contributed by atoms with Crippen LogP contribution in [0.5, 0.6) is 0 Å². The number of ether oxygens (including phenoxy) is 1. The fraction of sp³-hybridized carbons (Fsp3) is 0.118. The van der Waals surface area contributed by atoms with E-state index in [4.69, 9.17) is 4.74 Å². The topological polar surface area (TPSA) is 72.0 Å². The summed E-state index contributed by atoms with van der Waals surface area (Å²) in [6.07, 6.45) is -0.746. The fourth-order valence-corrected chi connectivity index (χ4v) is 2.17. The first-order valence-corrected chi connectivity index (χ1v) is 7.00. The van der Waals surface area contributed by atoms with E-state index < -0.39 is 17.9 Å². The third-order valence-electron chi connectivity index (χ3n) is 3.38. The molecule has 0 saturated heterocycles. The number of rotatable bonds is 3. The van der Waals surface area contributed by atoms with Crippen molar-refractivity contribution in [1.29, 1.82) is 0 Å². The SMILES string of the molecule is CC(OC(=O)c1ccc(F)cc1)c1nc2ccccc2c(=O)[nH]1. The number of fused-ring (bicyclic) bond motifs is 1. The molecule has 3 rings (SSSR count). The van der Waals surface area contributed by atoms with Crippen LogP contribution >= 0.6 is 0 Å². The van der Waals surface area contributed by atoms with Crippen molar-refractivity contribution in [2.75, 3.05) is 0 Å². The van der Waals surface area contributed by atoms with Crippen LogP contribution < -0.4 is 5.56 Å². The molecule has 0 fully saturated rings. The Bertz CT molecular complexity index is 919. The van der Waals surface area contributed by atoms with Crippen LogP contribution in [0.15, 0.2) is 53.3 Å². The number of halogens is 1. The van der Waals surface area contributed by atoms with Gasteiger partial charge in [0.2, 0.25) is 0 Å². The molecule has 0 aliphatic heterocycles. The number of aromatic nitrogens is 2. The first-order valence-electron chi connectivity index (χ1n) is 7.00. The highest BCUT2D eigenvalue weighted by molar-refractivity contribution is 5.89. The molecule has 0 spiro atoms. The minimum Gasteiger partial charge on any atom is -0.451 e. The Morgan fingerprint density at radius 2 is 1.87 bits per heavy atom. The fourth-order valence-electron chi connectivity index (χ4n) is 2.17. The van der Waals surface area contributed by atoms with Crippen molar-refractivity contribution in [3.05, 3.63) is 76.1 Å². The molecule has 3 aromatic rings. The van der Waals surface area contributed by atoms with Gasteiger partial charge in [0.15, 0.2) is 11.9 Å². The van der Waals surface area contributed by atoms with Gasteiger partial charge in [-0.25, -0.2) is 14.2 Å². The summed E-state index contributed by atoms with van der Waals surface area (Å²) < 4.78 is 18.1. The Hall–Kier alpha value is -3.02. The van der Waals surface area contributed by atoms with Crippen molar-refractivity contribution in [2.24, 2.45) is 0 Å². The van der Waals surface area contributed by atoms with Crippen molar-refractivity contribution in [2.45, 2.75) is 13.0 Å². The van der Waals surface area contributed by atoms with E-state index in [-0.39, 0.29) is 16.9 Å². The van der Waals surface area contributed by atoms with Gasteiger partial charge in [0, 0.05) is 0 Å². The highest BCUT2D eigenvalue weighted by Crippen LogP contribution is 2.16. The first-order chi connectivity index (χ1) is 11.0. The molecule has 2 aromatic carbocycles. The second-order valence-electron chi connectivity index (χ2n) is 5.02. The molecular formula is C17H13FN2O3. The number of hydrogen-bond donors (Lipinski definition) is 1. The molecule has 1 N–H and O–H groups in total. The average molecular weight is 312 g/mol. The van der Waals surface area contributed by atoms with Crippen LogP contribution in [0.25, 0.3) is 10.9 Å². The zero-order valence-electron chi connectivity index (χ0n) is 12.2. The van der Waals surface area contributed by atoms with Gasteiger partial charge >= 0.3 is 5.97 Å². The smallest absolute Gasteiger partial charge is 0.338 e. The molecule has 0 aliphatic rings. The molecular weight excluding hydrogens is 299 g/mol. The highest BCUT2D eigenvalue weighted by atomic mass is 19.1. The number of para-hydroxylation sites is 1. The molecule has 0 saturated carbocycles. The summed E-state index contributed by atoms with van der Waals surface area (Å²) in [5.74, 6) is -0.799. The number of benzene rings is 2. The van der Waals surface area contributed by atoms with Crippen LogP contribution in [-0.2, 0) is 4.74 Å². The van der Waals surface area contributed by atoms with E-state index >= 15 is 0 Å². The molecule has 1 heterocycles. The summed E-state index contributed by atoms with van der Waals surface area (Å²) in [6.45, 7) is 1.61. The van der Waals surface area contributed by atoms with Gasteiger partial charge in [-0.3, -0.25) is 4.79 Å². The molecule has 0 bridgehead atoms. The summed E-state index contributed by atoms with van der Waals surface area (Å²) in [6, 6.07) is 11.9. The van der Waals surface area contributed by atoms with Gasteiger partial charge < -0.3 is 9.72 Å². The van der Waals surface area contributed by atoms with Gasteiger partial charge in [0.25, 0.3) is 5.56 Å². The van der Waals surface area contributed by atoms with Crippen molar-refractivity contribution in [3.63, 3.8) is 0 Å². The van der Waals surface area contributed by atoms with Gasteiger partial charge in [0.05, 0.1) is 16.5 Å². The molecule has 0 aliphatic carbocycles. The molecule has 23 heavy (non-hydrogen) atoms. The van der Waals surface area contributed by atoms with E-state index in [1.807, 2.05) is 0 Å². The maximum Gasteiger partial charge on any atom is 0.338 e. The van der Waals surface area contributed by atoms with Crippen molar-refractivity contribution < 1.29 is 13.9 Å². The number of nitrogens with zero attached hydrogens (tertiary/aromatic N) is 1. The van der Waals surface area contributed by atoms with Crippen LogP contribution in [0.3, 0.4) is 0 Å². The standard InChI is InChI=1S/C17H13FN2O3/c1-10(23-17(22)11-6-8-12(18)9-7-11)15-19-14-5-3-2-4-13(14)16(21)20-15/h2-10H,1H3,(H,19,20,21). The second kappa shape index (κ2) is 6.00. The number of H-pyrrole nitrogens is 1. The minimum atomic E-state index is -0.746. The first kappa shape index (κ1) is 14.9. The van der Waals surface area contributed by atoms with Gasteiger partial charge in [-0.15, -0.1) is 0 Å². The van der Waals surface area contributed by atoms with Gasteiger partial charge in [-0.2, -0.15) is 0 Å². The lowest BCUT2D eigenvalue weighted by molar-refractivity contribution is 0.0320. The van der Waals surface area contributed by atoms with E-state index in [1.165, 1.54) is 24.3 Å². The number of hydrogen-bond acceptors (Lipinski definition) is 4. The van der Waals surface area contributed by atoms with Crippen LogP contribution in [0.1, 0.15) is 29.2 Å². The van der Waals surface area contributed by atoms with Crippen molar-refractivity contribution in [3.8, 4) is 0 Å².